The Kier molecular flexibility index (Phi) is 7.72. The van der Waals surface area contributed by atoms with Crippen LogP contribution in [0.5, 0.6) is 5.75 Å². The van der Waals surface area contributed by atoms with Crippen LogP contribution in [0.1, 0.15) is 24.2 Å². The smallest absolute Gasteiger partial charge is 0.279 e. The van der Waals surface area contributed by atoms with Crippen molar-refractivity contribution >= 4 is 37.5 Å². The summed E-state index contributed by atoms with van der Waals surface area (Å²) in [5.41, 5.74) is 1.23. The van der Waals surface area contributed by atoms with Gasteiger partial charge in [-0.05, 0) is 56.3 Å². The predicted octanol–water partition coefficient (Wildman–Crippen LogP) is 2.90. The van der Waals surface area contributed by atoms with E-state index in [2.05, 4.69) is 4.99 Å². The maximum atomic E-state index is 13.1. The van der Waals surface area contributed by atoms with Gasteiger partial charge in [0.05, 0.1) is 41.0 Å². The number of nitrogens with zero attached hydrogens (tertiary/aromatic N) is 3. The van der Waals surface area contributed by atoms with E-state index in [0.29, 0.717) is 36.6 Å². The molecular formula is C24H29N3O6S2. The molecule has 0 spiro atoms. The Morgan fingerprint density at radius 3 is 2.43 bits per heavy atom. The number of carbonyl (C=O) groups is 1. The highest BCUT2D eigenvalue weighted by atomic mass is 32.2. The number of ether oxygens (including phenoxy) is 3. The Morgan fingerprint density at radius 1 is 1.11 bits per heavy atom. The van der Waals surface area contributed by atoms with E-state index in [9.17, 15) is 13.2 Å². The summed E-state index contributed by atoms with van der Waals surface area (Å²) in [5, 5.41) is 0. The zero-order chi connectivity index (χ0) is 25.2. The van der Waals surface area contributed by atoms with E-state index < -0.39 is 15.9 Å². The van der Waals surface area contributed by atoms with E-state index in [1.807, 2.05) is 36.6 Å². The summed E-state index contributed by atoms with van der Waals surface area (Å²) >= 11 is 1.38. The number of hydrogen-bond donors (Lipinski definition) is 0. The average molecular weight is 520 g/mol. The first-order valence-electron chi connectivity index (χ1n) is 11.2. The van der Waals surface area contributed by atoms with E-state index in [1.54, 1.807) is 14.2 Å². The van der Waals surface area contributed by atoms with Gasteiger partial charge < -0.3 is 18.8 Å². The minimum Gasteiger partial charge on any atom is -0.497 e. The van der Waals surface area contributed by atoms with Crippen LogP contribution in [0.3, 0.4) is 0 Å². The van der Waals surface area contributed by atoms with Gasteiger partial charge >= 0.3 is 0 Å². The van der Waals surface area contributed by atoms with Crippen LogP contribution in [-0.2, 0) is 26.0 Å². The Bertz CT molecular complexity index is 1370. The van der Waals surface area contributed by atoms with Crippen molar-refractivity contribution < 1.29 is 27.4 Å². The van der Waals surface area contributed by atoms with Crippen molar-refractivity contribution in [1.82, 2.24) is 8.87 Å². The molecule has 0 radical (unpaired) electrons. The Balaban J connectivity index is 1.63. The van der Waals surface area contributed by atoms with Gasteiger partial charge in [0.2, 0.25) is 10.0 Å². The van der Waals surface area contributed by atoms with Crippen molar-refractivity contribution in [3.05, 3.63) is 52.8 Å². The third-order valence-corrected chi connectivity index (χ3v) is 8.62. The molecule has 1 aromatic heterocycles. The van der Waals surface area contributed by atoms with E-state index >= 15 is 0 Å². The van der Waals surface area contributed by atoms with Crippen molar-refractivity contribution in [3.8, 4) is 5.75 Å². The van der Waals surface area contributed by atoms with Crippen LogP contribution in [0.4, 0.5) is 0 Å². The predicted molar refractivity (Wildman–Crippen MR) is 133 cm³/mol. The molecule has 9 nitrogen and oxygen atoms in total. The molecule has 35 heavy (non-hydrogen) atoms. The lowest BCUT2D eigenvalue weighted by Crippen LogP contribution is -2.48. The number of thiazole rings is 1. The summed E-state index contributed by atoms with van der Waals surface area (Å²) in [4.78, 5) is 18.0. The molecule has 1 fully saturated rings. The van der Waals surface area contributed by atoms with Crippen LogP contribution in [0.2, 0.25) is 0 Å². The van der Waals surface area contributed by atoms with Crippen LogP contribution >= 0.6 is 11.3 Å². The minimum absolute atomic E-state index is 0.138. The quantitative estimate of drug-likeness (QED) is 0.476. The van der Waals surface area contributed by atoms with Crippen LogP contribution in [-0.4, -0.2) is 69.3 Å². The first-order valence-corrected chi connectivity index (χ1v) is 13.5. The van der Waals surface area contributed by atoms with E-state index in [4.69, 9.17) is 14.2 Å². The third-order valence-electron chi connectivity index (χ3n) is 5.73. The lowest BCUT2D eigenvalue weighted by Gasteiger charge is -2.34. The molecule has 188 valence electrons. The largest absolute Gasteiger partial charge is 0.497 e. The maximum Gasteiger partial charge on any atom is 0.279 e. The van der Waals surface area contributed by atoms with Crippen LogP contribution in [0.15, 0.2) is 52.4 Å². The third kappa shape index (κ3) is 5.49. The molecule has 0 bridgehead atoms. The fourth-order valence-electron chi connectivity index (χ4n) is 4.06. The molecule has 0 saturated carbocycles. The topological polar surface area (TPSA) is 99.4 Å². The fraction of sp³-hybridized carbons (Fsp3) is 0.417. The molecular weight excluding hydrogens is 490 g/mol. The second kappa shape index (κ2) is 10.6. The maximum absolute atomic E-state index is 13.1. The van der Waals surface area contributed by atoms with E-state index in [0.717, 1.165) is 16.0 Å². The molecule has 1 saturated heterocycles. The van der Waals surface area contributed by atoms with Crippen molar-refractivity contribution in [2.24, 2.45) is 4.99 Å². The molecule has 2 heterocycles. The van der Waals surface area contributed by atoms with Gasteiger partial charge in [-0.2, -0.15) is 9.30 Å². The van der Waals surface area contributed by atoms with Gasteiger partial charge in [-0.15, -0.1) is 0 Å². The van der Waals surface area contributed by atoms with Crippen molar-refractivity contribution in [1.29, 1.82) is 0 Å². The summed E-state index contributed by atoms with van der Waals surface area (Å²) in [7, 11) is -0.464. The van der Waals surface area contributed by atoms with Gasteiger partial charge in [0, 0.05) is 32.3 Å². The van der Waals surface area contributed by atoms with Gasteiger partial charge in [-0.3, -0.25) is 4.79 Å². The number of sulfonamides is 1. The second-order valence-corrected chi connectivity index (χ2v) is 11.3. The first kappa shape index (κ1) is 25.5. The van der Waals surface area contributed by atoms with E-state index in [-0.39, 0.29) is 17.1 Å². The first-order chi connectivity index (χ1) is 16.7. The fourth-order valence-corrected chi connectivity index (χ4v) is 6.73. The lowest BCUT2D eigenvalue weighted by atomic mass is 10.2. The number of fused-ring (bicyclic) bond motifs is 1. The molecule has 3 aromatic rings. The van der Waals surface area contributed by atoms with Crippen molar-refractivity contribution in [2.45, 2.75) is 37.5 Å². The SMILES string of the molecule is COCCn1c(=NC(=O)c2ccc(S(=O)(=O)N3CC(C)OC(C)C3)cc2)sc2cc(OC)ccc21. The minimum atomic E-state index is -3.69. The number of aromatic nitrogens is 1. The second-order valence-electron chi connectivity index (χ2n) is 8.38. The number of benzene rings is 2. The molecule has 0 N–H and O–H groups in total. The molecule has 1 aliphatic heterocycles. The highest BCUT2D eigenvalue weighted by molar-refractivity contribution is 7.89. The van der Waals surface area contributed by atoms with Gasteiger partial charge in [-0.25, -0.2) is 8.42 Å². The number of rotatable bonds is 7. The van der Waals surface area contributed by atoms with E-state index in [1.165, 1.54) is 39.9 Å². The molecule has 2 atom stereocenters. The van der Waals surface area contributed by atoms with Gasteiger partial charge in [0.25, 0.3) is 5.91 Å². The Labute approximate surface area is 208 Å². The zero-order valence-electron chi connectivity index (χ0n) is 20.1. The molecule has 2 aromatic carbocycles. The molecule has 4 rings (SSSR count). The summed E-state index contributed by atoms with van der Waals surface area (Å²) in [6.07, 6.45) is -0.362. The Morgan fingerprint density at radius 2 is 1.80 bits per heavy atom. The molecule has 1 amide bonds. The number of carbonyl (C=O) groups excluding carboxylic acids is 1. The lowest BCUT2D eigenvalue weighted by molar-refractivity contribution is -0.0440. The molecule has 1 aliphatic rings. The summed E-state index contributed by atoms with van der Waals surface area (Å²) < 4.78 is 46.6. The standard InChI is InChI=1S/C24H29N3O6S2/c1-16-14-26(15-17(2)33-16)35(29,30)20-8-5-18(6-9-20)23(28)25-24-27(11-12-31-3)21-10-7-19(32-4)13-22(21)34-24/h5-10,13,16-17H,11-12,14-15H2,1-4H3. The zero-order valence-corrected chi connectivity index (χ0v) is 21.8. The molecule has 2 unspecified atom stereocenters. The summed E-state index contributed by atoms with van der Waals surface area (Å²) in [5.74, 6) is 0.267. The number of hydrogen-bond acceptors (Lipinski definition) is 7. The monoisotopic (exact) mass is 519 g/mol. The molecule has 11 heteroatoms. The van der Waals surface area contributed by atoms with Gasteiger partial charge in [-0.1, -0.05) is 11.3 Å². The van der Waals surface area contributed by atoms with Gasteiger partial charge in [0.1, 0.15) is 5.75 Å². The Hall–Kier alpha value is -2.57. The molecule has 0 aliphatic carbocycles. The van der Waals surface area contributed by atoms with Gasteiger partial charge in [0.15, 0.2) is 4.80 Å². The summed E-state index contributed by atoms with van der Waals surface area (Å²) in [6, 6.07) is 11.6. The van der Waals surface area contributed by atoms with Crippen molar-refractivity contribution in [3.63, 3.8) is 0 Å². The van der Waals surface area contributed by atoms with Crippen LogP contribution < -0.4 is 9.54 Å². The van der Waals surface area contributed by atoms with Crippen molar-refractivity contribution in [2.75, 3.05) is 33.9 Å². The normalized spacial score (nSPS) is 19.8. The summed E-state index contributed by atoms with van der Waals surface area (Å²) in [6.45, 7) is 5.28. The highest BCUT2D eigenvalue weighted by Gasteiger charge is 2.32. The van der Waals surface area contributed by atoms with Crippen LogP contribution in [0, 0.1) is 0 Å². The number of amides is 1. The highest BCUT2D eigenvalue weighted by Crippen LogP contribution is 2.24. The average Bonchev–Trinajstić information content (AvgIpc) is 3.17. The number of methoxy groups -OCH3 is 2. The van der Waals surface area contributed by atoms with Crippen LogP contribution in [0.25, 0.3) is 10.2 Å². The number of morpholine rings is 1.